The average molecular weight is 249 g/mol. The second-order valence-electron chi connectivity index (χ2n) is 4.78. The van der Waals surface area contributed by atoms with Gasteiger partial charge in [0.2, 0.25) is 0 Å². The van der Waals surface area contributed by atoms with Crippen LogP contribution in [-0.2, 0) is 16.0 Å². The molecule has 18 heavy (non-hydrogen) atoms. The number of esters is 1. The van der Waals surface area contributed by atoms with Crippen LogP contribution < -0.4 is 5.73 Å². The lowest BCUT2D eigenvalue weighted by atomic mass is 9.89. The average Bonchev–Trinajstić information content (AvgIpc) is 2.38. The highest BCUT2D eigenvalue weighted by Crippen LogP contribution is 2.32. The predicted octanol–water partition coefficient (Wildman–Crippen LogP) is 1.32. The van der Waals surface area contributed by atoms with Crippen molar-refractivity contribution >= 4 is 5.97 Å². The highest BCUT2D eigenvalue weighted by Gasteiger charge is 2.27. The fourth-order valence-electron chi connectivity index (χ4n) is 2.25. The summed E-state index contributed by atoms with van der Waals surface area (Å²) in [5, 5.41) is 9.29. The summed E-state index contributed by atoms with van der Waals surface area (Å²) in [4.78, 5) is 11.8. The van der Waals surface area contributed by atoms with Crippen LogP contribution in [0.5, 0.6) is 0 Å². The number of ether oxygens (including phenoxy) is 1. The van der Waals surface area contributed by atoms with Crippen LogP contribution in [0, 0.1) is 0 Å². The third-order valence-corrected chi connectivity index (χ3v) is 3.36. The van der Waals surface area contributed by atoms with E-state index in [1.54, 1.807) is 0 Å². The highest BCUT2D eigenvalue weighted by molar-refractivity contribution is 5.76. The van der Waals surface area contributed by atoms with Crippen molar-refractivity contribution in [1.82, 2.24) is 0 Å². The molecule has 0 aliphatic heterocycles. The van der Waals surface area contributed by atoms with Gasteiger partial charge in [-0.3, -0.25) is 4.79 Å². The predicted molar refractivity (Wildman–Crippen MR) is 67.9 cm³/mol. The molecule has 0 spiro atoms. The number of aryl methyl sites for hydroxylation is 1. The number of carbonyl (C=O) groups is 1. The van der Waals surface area contributed by atoms with Crippen molar-refractivity contribution in [3.63, 3.8) is 0 Å². The Bertz CT molecular complexity index is 431. The summed E-state index contributed by atoms with van der Waals surface area (Å²) in [6.07, 6.45) is 1.71. The number of aliphatic hydroxyl groups excluding tert-OH is 1. The SMILES string of the molecule is CC(O)C(N)C(=O)OC1CCCc2ccccc21. The van der Waals surface area contributed by atoms with Crippen LogP contribution in [0.3, 0.4) is 0 Å². The van der Waals surface area contributed by atoms with Crippen LogP contribution in [0.1, 0.15) is 37.0 Å². The summed E-state index contributed by atoms with van der Waals surface area (Å²) in [5.74, 6) is -0.535. The Morgan fingerprint density at radius 2 is 2.22 bits per heavy atom. The Balaban J connectivity index is 2.10. The number of hydrogen-bond acceptors (Lipinski definition) is 4. The molecule has 0 fully saturated rings. The van der Waals surface area contributed by atoms with E-state index >= 15 is 0 Å². The van der Waals surface area contributed by atoms with E-state index in [4.69, 9.17) is 10.5 Å². The lowest BCUT2D eigenvalue weighted by Crippen LogP contribution is -2.42. The Labute approximate surface area is 107 Å². The monoisotopic (exact) mass is 249 g/mol. The minimum Gasteiger partial charge on any atom is -0.456 e. The van der Waals surface area contributed by atoms with Gasteiger partial charge in [0, 0.05) is 0 Å². The smallest absolute Gasteiger partial charge is 0.326 e. The van der Waals surface area contributed by atoms with E-state index < -0.39 is 18.1 Å². The quantitative estimate of drug-likeness (QED) is 0.792. The van der Waals surface area contributed by atoms with E-state index in [1.165, 1.54) is 12.5 Å². The lowest BCUT2D eigenvalue weighted by Gasteiger charge is -2.26. The number of aliphatic hydroxyl groups is 1. The Morgan fingerprint density at radius 3 is 2.94 bits per heavy atom. The topological polar surface area (TPSA) is 72.5 Å². The molecule has 3 N–H and O–H groups in total. The molecule has 0 amide bonds. The first-order valence-electron chi connectivity index (χ1n) is 6.31. The molecule has 0 aromatic heterocycles. The second kappa shape index (κ2) is 5.50. The Morgan fingerprint density at radius 1 is 1.50 bits per heavy atom. The molecule has 0 bridgehead atoms. The van der Waals surface area contributed by atoms with E-state index in [1.807, 2.05) is 18.2 Å². The minimum atomic E-state index is -0.973. The fourth-order valence-corrected chi connectivity index (χ4v) is 2.25. The van der Waals surface area contributed by atoms with Crippen molar-refractivity contribution < 1.29 is 14.6 Å². The summed E-state index contributed by atoms with van der Waals surface area (Å²) in [7, 11) is 0. The molecule has 2 rings (SSSR count). The number of hydrogen-bond donors (Lipinski definition) is 2. The molecule has 3 atom stereocenters. The third kappa shape index (κ3) is 2.71. The van der Waals surface area contributed by atoms with Crippen molar-refractivity contribution in [2.24, 2.45) is 5.73 Å². The zero-order valence-corrected chi connectivity index (χ0v) is 10.5. The van der Waals surface area contributed by atoms with Crippen molar-refractivity contribution in [1.29, 1.82) is 0 Å². The van der Waals surface area contributed by atoms with Crippen LogP contribution in [0.25, 0.3) is 0 Å². The third-order valence-electron chi connectivity index (χ3n) is 3.36. The molecule has 1 aliphatic rings. The van der Waals surface area contributed by atoms with Gasteiger partial charge >= 0.3 is 5.97 Å². The molecular weight excluding hydrogens is 230 g/mol. The standard InChI is InChI=1S/C14H19NO3/c1-9(16)13(15)14(17)18-12-8-4-6-10-5-2-3-7-11(10)12/h2-3,5,7,9,12-13,16H,4,6,8,15H2,1H3. The minimum absolute atomic E-state index is 0.229. The molecule has 0 radical (unpaired) electrons. The van der Waals surface area contributed by atoms with Gasteiger partial charge in [0.1, 0.15) is 12.1 Å². The van der Waals surface area contributed by atoms with Gasteiger partial charge in [-0.15, -0.1) is 0 Å². The van der Waals surface area contributed by atoms with Gasteiger partial charge in [-0.25, -0.2) is 0 Å². The molecule has 4 heteroatoms. The second-order valence-corrected chi connectivity index (χ2v) is 4.78. The van der Waals surface area contributed by atoms with Gasteiger partial charge in [0.05, 0.1) is 6.10 Å². The van der Waals surface area contributed by atoms with Gasteiger partial charge in [0.15, 0.2) is 0 Å². The molecule has 1 aromatic carbocycles. The summed E-state index contributed by atoms with van der Waals surface area (Å²) in [6, 6.07) is 7.01. The summed E-state index contributed by atoms with van der Waals surface area (Å²) in [6.45, 7) is 1.49. The zero-order chi connectivity index (χ0) is 13.1. The van der Waals surface area contributed by atoms with Gasteiger partial charge in [-0.05, 0) is 37.3 Å². The fraction of sp³-hybridized carbons (Fsp3) is 0.500. The van der Waals surface area contributed by atoms with Crippen molar-refractivity contribution in [3.05, 3.63) is 35.4 Å². The lowest BCUT2D eigenvalue weighted by molar-refractivity contribution is -0.154. The first-order chi connectivity index (χ1) is 8.59. The first kappa shape index (κ1) is 13.1. The van der Waals surface area contributed by atoms with Crippen LogP contribution in [0.2, 0.25) is 0 Å². The van der Waals surface area contributed by atoms with E-state index in [0.717, 1.165) is 24.8 Å². The van der Waals surface area contributed by atoms with Gasteiger partial charge in [-0.2, -0.15) is 0 Å². The first-order valence-corrected chi connectivity index (χ1v) is 6.31. The largest absolute Gasteiger partial charge is 0.456 e. The van der Waals surface area contributed by atoms with Crippen LogP contribution in [0.4, 0.5) is 0 Å². The van der Waals surface area contributed by atoms with Gasteiger partial charge in [0.25, 0.3) is 0 Å². The number of carbonyl (C=O) groups excluding carboxylic acids is 1. The number of benzene rings is 1. The number of rotatable bonds is 3. The summed E-state index contributed by atoms with van der Waals surface area (Å²) >= 11 is 0. The molecule has 1 aromatic rings. The molecular formula is C14H19NO3. The van der Waals surface area contributed by atoms with Crippen LogP contribution in [-0.4, -0.2) is 23.2 Å². The molecule has 98 valence electrons. The molecule has 0 heterocycles. The molecule has 4 nitrogen and oxygen atoms in total. The maximum absolute atomic E-state index is 11.8. The van der Waals surface area contributed by atoms with E-state index in [-0.39, 0.29) is 6.10 Å². The normalized spacial score (nSPS) is 21.8. The van der Waals surface area contributed by atoms with E-state index in [2.05, 4.69) is 6.07 Å². The van der Waals surface area contributed by atoms with Crippen LogP contribution in [0.15, 0.2) is 24.3 Å². The molecule has 0 saturated heterocycles. The maximum Gasteiger partial charge on any atom is 0.326 e. The summed E-state index contributed by atoms with van der Waals surface area (Å²) in [5.41, 5.74) is 7.87. The van der Waals surface area contributed by atoms with E-state index in [0.29, 0.717) is 0 Å². The number of fused-ring (bicyclic) bond motifs is 1. The van der Waals surface area contributed by atoms with Crippen molar-refractivity contribution in [2.45, 2.75) is 44.4 Å². The van der Waals surface area contributed by atoms with Gasteiger partial charge in [-0.1, -0.05) is 24.3 Å². The number of nitrogens with two attached hydrogens (primary N) is 1. The van der Waals surface area contributed by atoms with E-state index in [9.17, 15) is 9.90 Å². The Hall–Kier alpha value is -1.39. The maximum atomic E-state index is 11.8. The van der Waals surface area contributed by atoms with Gasteiger partial charge < -0.3 is 15.6 Å². The highest BCUT2D eigenvalue weighted by atomic mass is 16.5. The zero-order valence-electron chi connectivity index (χ0n) is 10.5. The molecule has 3 unspecified atom stereocenters. The van der Waals surface area contributed by atoms with Crippen molar-refractivity contribution in [3.8, 4) is 0 Å². The Kier molecular flexibility index (Phi) is 3.99. The van der Waals surface area contributed by atoms with Crippen LogP contribution >= 0.6 is 0 Å². The van der Waals surface area contributed by atoms with Crippen molar-refractivity contribution in [2.75, 3.05) is 0 Å². The molecule has 0 saturated carbocycles. The summed E-state index contributed by atoms with van der Waals surface area (Å²) < 4.78 is 5.42. The molecule has 1 aliphatic carbocycles.